The predicted octanol–water partition coefficient (Wildman–Crippen LogP) is 1.45. The lowest BCUT2D eigenvalue weighted by Crippen LogP contribution is -2.45. The van der Waals surface area contributed by atoms with E-state index in [9.17, 15) is 4.79 Å². The van der Waals surface area contributed by atoms with Crippen LogP contribution in [-0.2, 0) is 9.53 Å². The fourth-order valence-electron chi connectivity index (χ4n) is 2.89. The van der Waals surface area contributed by atoms with E-state index in [4.69, 9.17) is 4.74 Å². The third kappa shape index (κ3) is 4.25. The first-order valence-electron chi connectivity index (χ1n) is 7.36. The van der Waals surface area contributed by atoms with Gasteiger partial charge in [0, 0.05) is 18.7 Å². The van der Waals surface area contributed by atoms with Gasteiger partial charge in [0.05, 0.1) is 13.2 Å². The van der Waals surface area contributed by atoms with Crippen LogP contribution >= 0.6 is 0 Å². The highest BCUT2D eigenvalue weighted by atomic mass is 16.5. The smallest absolute Gasteiger partial charge is 0.234 e. The molecule has 1 saturated carbocycles. The monoisotopic (exact) mass is 254 g/mol. The molecule has 4 heteroatoms. The molecular formula is C14H26N2O2. The summed E-state index contributed by atoms with van der Waals surface area (Å²) < 4.78 is 5.37. The largest absolute Gasteiger partial charge is 0.381 e. The quantitative estimate of drug-likeness (QED) is 0.781. The molecule has 2 fully saturated rings. The maximum atomic E-state index is 11.8. The van der Waals surface area contributed by atoms with Crippen molar-refractivity contribution in [3.05, 3.63) is 0 Å². The average molecular weight is 254 g/mol. The van der Waals surface area contributed by atoms with Crippen molar-refractivity contribution in [3.63, 3.8) is 0 Å². The molecule has 0 radical (unpaired) electrons. The number of carbonyl (C=O) groups excluding carboxylic acids is 1. The number of hydrogen-bond donors (Lipinski definition) is 2. The summed E-state index contributed by atoms with van der Waals surface area (Å²) in [4.78, 5) is 11.8. The summed E-state index contributed by atoms with van der Waals surface area (Å²) >= 11 is 0. The molecule has 1 amide bonds. The summed E-state index contributed by atoms with van der Waals surface area (Å²) in [5, 5.41) is 6.45. The lowest BCUT2D eigenvalue weighted by Gasteiger charge is -2.24. The highest BCUT2D eigenvalue weighted by molar-refractivity contribution is 5.78. The minimum Gasteiger partial charge on any atom is -0.381 e. The van der Waals surface area contributed by atoms with Crippen molar-refractivity contribution in [2.24, 2.45) is 5.92 Å². The van der Waals surface area contributed by atoms with Crippen LogP contribution in [0.25, 0.3) is 0 Å². The van der Waals surface area contributed by atoms with Gasteiger partial charge in [-0.25, -0.2) is 0 Å². The Morgan fingerprint density at radius 2 is 2.06 bits per heavy atom. The van der Waals surface area contributed by atoms with Crippen LogP contribution in [0.5, 0.6) is 0 Å². The van der Waals surface area contributed by atoms with Crippen LogP contribution in [0.1, 0.15) is 45.4 Å². The van der Waals surface area contributed by atoms with Crippen molar-refractivity contribution >= 4 is 5.91 Å². The van der Waals surface area contributed by atoms with Gasteiger partial charge in [0.15, 0.2) is 0 Å². The summed E-state index contributed by atoms with van der Waals surface area (Å²) in [5.41, 5.74) is 0. The Labute approximate surface area is 110 Å². The molecule has 0 aromatic rings. The van der Waals surface area contributed by atoms with E-state index < -0.39 is 0 Å². The number of rotatable bonds is 5. The lowest BCUT2D eigenvalue weighted by atomic mass is 9.95. The van der Waals surface area contributed by atoms with Crippen molar-refractivity contribution in [3.8, 4) is 0 Å². The van der Waals surface area contributed by atoms with Crippen LogP contribution in [0.15, 0.2) is 0 Å². The van der Waals surface area contributed by atoms with Gasteiger partial charge in [-0.2, -0.15) is 0 Å². The fourth-order valence-corrected chi connectivity index (χ4v) is 2.89. The molecule has 0 spiro atoms. The van der Waals surface area contributed by atoms with E-state index in [1.54, 1.807) is 0 Å². The molecule has 0 aromatic carbocycles. The average Bonchev–Trinajstić information content (AvgIpc) is 2.91. The van der Waals surface area contributed by atoms with Gasteiger partial charge in [0.25, 0.3) is 0 Å². The van der Waals surface area contributed by atoms with E-state index in [1.807, 2.05) is 0 Å². The van der Waals surface area contributed by atoms with Gasteiger partial charge < -0.3 is 15.4 Å². The summed E-state index contributed by atoms with van der Waals surface area (Å²) in [7, 11) is 0. The van der Waals surface area contributed by atoms with E-state index in [0.29, 0.717) is 24.5 Å². The highest BCUT2D eigenvalue weighted by Crippen LogP contribution is 2.17. The molecule has 0 aromatic heterocycles. The Morgan fingerprint density at radius 3 is 2.72 bits per heavy atom. The number of amides is 1. The summed E-state index contributed by atoms with van der Waals surface area (Å²) in [5.74, 6) is 0.708. The van der Waals surface area contributed by atoms with Gasteiger partial charge in [0.2, 0.25) is 5.91 Å². The first-order chi connectivity index (χ1) is 8.75. The first kappa shape index (κ1) is 13.8. The zero-order valence-electron chi connectivity index (χ0n) is 11.4. The van der Waals surface area contributed by atoms with Crippen LogP contribution in [0, 0.1) is 5.92 Å². The molecule has 2 rings (SSSR count). The lowest BCUT2D eigenvalue weighted by molar-refractivity contribution is -0.121. The molecule has 0 bridgehead atoms. The maximum absolute atomic E-state index is 11.8. The molecular weight excluding hydrogens is 228 g/mol. The van der Waals surface area contributed by atoms with Crippen molar-refractivity contribution in [1.29, 1.82) is 0 Å². The molecule has 1 saturated heterocycles. The van der Waals surface area contributed by atoms with Crippen LogP contribution in [0.2, 0.25) is 0 Å². The number of hydrogen-bond acceptors (Lipinski definition) is 3. The van der Waals surface area contributed by atoms with E-state index in [0.717, 1.165) is 32.5 Å². The molecule has 4 nitrogen and oxygen atoms in total. The third-order valence-corrected chi connectivity index (χ3v) is 4.23. The van der Waals surface area contributed by atoms with Gasteiger partial charge >= 0.3 is 0 Å². The Bertz CT molecular complexity index is 259. The molecule has 1 aliphatic carbocycles. The van der Waals surface area contributed by atoms with Crippen molar-refractivity contribution in [2.75, 3.05) is 19.8 Å². The van der Waals surface area contributed by atoms with Gasteiger partial charge in [-0.1, -0.05) is 19.3 Å². The topological polar surface area (TPSA) is 50.4 Å². The second-order valence-electron chi connectivity index (χ2n) is 5.70. The Kier molecular flexibility index (Phi) is 5.45. The summed E-state index contributed by atoms with van der Waals surface area (Å²) in [6.07, 6.45) is 7.25. The number of ether oxygens (including phenoxy) is 1. The molecule has 1 heterocycles. The SMILES string of the molecule is CC(NCC(=O)NC1CCCCC1)C1CCOC1. The standard InChI is InChI=1S/C14H26N2O2/c1-11(12-7-8-18-10-12)15-9-14(17)16-13-5-3-2-4-6-13/h11-13,15H,2-10H2,1H3,(H,16,17). The van der Waals surface area contributed by atoms with Crippen LogP contribution in [0.3, 0.4) is 0 Å². The maximum Gasteiger partial charge on any atom is 0.234 e. The number of nitrogens with one attached hydrogen (secondary N) is 2. The van der Waals surface area contributed by atoms with Crippen LogP contribution < -0.4 is 10.6 Å². The minimum absolute atomic E-state index is 0.146. The Balaban J connectivity index is 1.61. The second-order valence-corrected chi connectivity index (χ2v) is 5.70. The number of carbonyl (C=O) groups is 1. The van der Waals surface area contributed by atoms with E-state index >= 15 is 0 Å². The zero-order chi connectivity index (χ0) is 12.8. The molecule has 2 aliphatic rings. The third-order valence-electron chi connectivity index (χ3n) is 4.23. The van der Waals surface area contributed by atoms with Crippen LogP contribution in [0.4, 0.5) is 0 Å². The molecule has 2 atom stereocenters. The summed E-state index contributed by atoms with van der Waals surface area (Å²) in [6.45, 7) is 4.28. The van der Waals surface area contributed by atoms with Crippen molar-refractivity contribution in [2.45, 2.75) is 57.5 Å². The Hall–Kier alpha value is -0.610. The first-order valence-corrected chi connectivity index (χ1v) is 7.36. The van der Waals surface area contributed by atoms with Crippen LogP contribution in [-0.4, -0.2) is 37.7 Å². The molecule has 104 valence electrons. The molecule has 18 heavy (non-hydrogen) atoms. The minimum atomic E-state index is 0.146. The van der Waals surface area contributed by atoms with E-state index in [2.05, 4.69) is 17.6 Å². The molecule has 2 unspecified atom stereocenters. The van der Waals surface area contributed by atoms with Crippen molar-refractivity contribution in [1.82, 2.24) is 10.6 Å². The predicted molar refractivity (Wildman–Crippen MR) is 71.4 cm³/mol. The van der Waals surface area contributed by atoms with E-state index in [1.165, 1.54) is 19.3 Å². The van der Waals surface area contributed by atoms with Gasteiger partial charge in [-0.3, -0.25) is 4.79 Å². The molecule has 1 aliphatic heterocycles. The summed E-state index contributed by atoms with van der Waals surface area (Å²) in [6, 6.07) is 0.780. The highest BCUT2D eigenvalue weighted by Gasteiger charge is 2.22. The van der Waals surface area contributed by atoms with Crippen molar-refractivity contribution < 1.29 is 9.53 Å². The Morgan fingerprint density at radius 1 is 1.28 bits per heavy atom. The van der Waals surface area contributed by atoms with Gasteiger partial charge in [0.1, 0.15) is 0 Å². The zero-order valence-corrected chi connectivity index (χ0v) is 11.4. The van der Waals surface area contributed by atoms with Gasteiger partial charge in [-0.15, -0.1) is 0 Å². The van der Waals surface area contributed by atoms with Gasteiger partial charge in [-0.05, 0) is 32.1 Å². The normalized spacial score (nSPS) is 27.1. The van der Waals surface area contributed by atoms with E-state index in [-0.39, 0.29) is 5.91 Å². The molecule has 2 N–H and O–H groups in total. The second kappa shape index (κ2) is 7.10. The fraction of sp³-hybridized carbons (Fsp3) is 0.929.